The number of alkyl halides is 3. The molecule has 32 heavy (non-hydrogen) atoms. The maximum atomic E-state index is 13.0. The molecule has 2 fully saturated rings. The van der Waals surface area contributed by atoms with Crippen LogP contribution in [0.4, 0.5) is 19.0 Å². The van der Waals surface area contributed by atoms with Crippen LogP contribution < -0.4 is 10.6 Å². The molecule has 3 heterocycles. The van der Waals surface area contributed by atoms with Gasteiger partial charge in [0.15, 0.2) is 5.69 Å². The van der Waals surface area contributed by atoms with Gasteiger partial charge in [-0.15, -0.1) is 0 Å². The van der Waals surface area contributed by atoms with Gasteiger partial charge in [-0.2, -0.15) is 18.3 Å². The van der Waals surface area contributed by atoms with E-state index in [4.69, 9.17) is 0 Å². The van der Waals surface area contributed by atoms with Crippen LogP contribution in [0.2, 0.25) is 0 Å². The van der Waals surface area contributed by atoms with Crippen molar-refractivity contribution in [3.05, 3.63) is 47.5 Å². The van der Waals surface area contributed by atoms with E-state index in [9.17, 15) is 18.0 Å². The molecule has 0 aliphatic heterocycles. The van der Waals surface area contributed by atoms with Crippen LogP contribution in [-0.4, -0.2) is 37.2 Å². The van der Waals surface area contributed by atoms with E-state index in [2.05, 4.69) is 20.7 Å². The number of carbonyl (C=O) groups is 1. The molecule has 0 aromatic carbocycles. The summed E-state index contributed by atoms with van der Waals surface area (Å²) in [6, 6.07) is 5.20. The SMILES string of the molecule is Cn1cc(C(=O)NC2CCC(Nc3cccc4nc(C(F)(F)F)cn34)CC2)c(C2CC2)n1. The number of anilines is 1. The summed E-state index contributed by atoms with van der Waals surface area (Å²) in [6.45, 7) is 0. The summed E-state index contributed by atoms with van der Waals surface area (Å²) in [5.74, 6) is 0.919. The second-order valence-corrected chi connectivity index (χ2v) is 8.81. The van der Waals surface area contributed by atoms with Crippen LogP contribution in [0.3, 0.4) is 0 Å². The van der Waals surface area contributed by atoms with E-state index in [0.717, 1.165) is 50.4 Å². The number of rotatable bonds is 5. The van der Waals surface area contributed by atoms with Crippen LogP contribution >= 0.6 is 0 Å². The first-order valence-electron chi connectivity index (χ1n) is 10.9. The van der Waals surface area contributed by atoms with Gasteiger partial charge in [0.25, 0.3) is 5.91 Å². The van der Waals surface area contributed by atoms with Gasteiger partial charge in [0.05, 0.1) is 11.3 Å². The molecule has 0 bridgehead atoms. The molecule has 10 heteroatoms. The molecular weight excluding hydrogens is 421 g/mol. The molecular formula is C22H25F3N6O. The Bertz CT molecular complexity index is 1140. The van der Waals surface area contributed by atoms with Gasteiger partial charge in [-0.3, -0.25) is 13.9 Å². The fourth-order valence-electron chi connectivity index (χ4n) is 4.46. The minimum atomic E-state index is -4.48. The Morgan fingerprint density at radius 1 is 1.06 bits per heavy atom. The lowest BCUT2D eigenvalue weighted by Gasteiger charge is -2.30. The van der Waals surface area contributed by atoms with Gasteiger partial charge >= 0.3 is 6.18 Å². The summed E-state index contributed by atoms with van der Waals surface area (Å²) < 4.78 is 42.2. The quantitative estimate of drug-likeness (QED) is 0.618. The second-order valence-electron chi connectivity index (χ2n) is 8.81. The van der Waals surface area contributed by atoms with Gasteiger partial charge in [-0.05, 0) is 50.7 Å². The van der Waals surface area contributed by atoms with Crippen molar-refractivity contribution in [3.63, 3.8) is 0 Å². The van der Waals surface area contributed by atoms with E-state index in [1.165, 1.54) is 4.40 Å². The molecule has 0 unspecified atom stereocenters. The number of fused-ring (bicyclic) bond motifs is 1. The van der Waals surface area contributed by atoms with Gasteiger partial charge in [-0.25, -0.2) is 4.98 Å². The van der Waals surface area contributed by atoms with Crippen molar-refractivity contribution in [1.82, 2.24) is 24.5 Å². The normalized spacial score (nSPS) is 21.6. The lowest BCUT2D eigenvalue weighted by atomic mass is 9.91. The van der Waals surface area contributed by atoms with Gasteiger partial charge in [0.1, 0.15) is 11.5 Å². The van der Waals surface area contributed by atoms with Crippen molar-refractivity contribution in [2.24, 2.45) is 7.05 Å². The summed E-state index contributed by atoms with van der Waals surface area (Å²) in [5, 5.41) is 11.0. The van der Waals surface area contributed by atoms with Crippen molar-refractivity contribution >= 4 is 17.4 Å². The Kier molecular flexibility index (Phi) is 5.10. The molecule has 170 valence electrons. The summed E-state index contributed by atoms with van der Waals surface area (Å²) >= 11 is 0. The third-order valence-electron chi connectivity index (χ3n) is 6.26. The Balaban J connectivity index is 1.20. The molecule has 5 rings (SSSR count). The molecule has 0 spiro atoms. The average Bonchev–Trinajstić information content (AvgIpc) is 3.35. The predicted octanol–water partition coefficient (Wildman–Crippen LogP) is 4.12. The number of hydrogen-bond acceptors (Lipinski definition) is 4. The number of pyridine rings is 1. The molecule has 2 aliphatic carbocycles. The minimum absolute atomic E-state index is 0.0701. The zero-order valence-corrected chi connectivity index (χ0v) is 17.7. The summed E-state index contributed by atoms with van der Waals surface area (Å²) in [5.41, 5.74) is 0.917. The molecule has 0 saturated heterocycles. The molecule has 3 aromatic heterocycles. The second kappa shape index (κ2) is 7.83. The van der Waals surface area contributed by atoms with Crippen LogP contribution in [0, 0.1) is 0 Å². The fourth-order valence-corrected chi connectivity index (χ4v) is 4.46. The Morgan fingerprint density at radius 3 is 2.47 bits per heavy atom. The maximum absolute atomic E-state index is 13.0. The van der Waals surface area contributed by atoms with Crippen LogP contribution in [-0.2, 0) is 13.2 Å². The van der Waals surface area contributed by atoms with E-state index < -0.39 is 11.9 Å². The highest BCUT2D eigenvalue weighted by molar-refractivity contribution is 5.95. The average molecular weight is 446 g/mol. The highest BCUT2D eigenvalue weighted by Crippen LogP contribution is 2.40. The van der Waals surface area contributed by atoms with Crippen LogP contribution in [0.25, 0.3) is 5.65 Å². The van der Waals surface area contributed by atoms with E-state index in [1.807, 2.05) is 7.05 Å². The standard InChI is InChI=1S/C22H25F3N6O/c1-30-11-16(20(29-30)13-5-6-13)21(32)27-15-9-7-14(8-10-15)26-18-3-2-4-19-28-17(12-31(18)19)22(23,24)25/h2-4,11-15,26H,5-10H2,1H3,(H,27,32). The highest BCUT2D eigenvalue weighted by atomic mass is 19.4. The largest absolute Gasteiger partial charge is 0.434 e. The summed E-state index contributed by atoms with van der Waals surface area (Å²) in [6.07, 6.45) is 3.73. The predicted molar refractivity (Wildman–Crippen MR) is 113 cm³/mol. The maximum Gasteiger partial charge on any atom is 0.434 e. The first-order chi connectivity index (χ1) is 15.3. The molecule has 3 aromatic rings. The topological polar surface area (TPSA) is 76.2 Å². The molecule has 2 aliphatic rings. The third-order valence-corrected chi connectivity index (χ3v) is 6.26. The van der Waals surface area contributed by atoms with E-state index in [0.29, 0.717) is 17.3 Å². The molecule has 7 nitrogen and oxygen atoms in total. The number of imidazole rings is 1. The zero-order valence-electron chi connectivity index (χ0n) is 17.7. The van der Waals surface area contributed by atoms with Crippen molar-refractivity contribution in [2.45, 2.75) is 62.7 Å². The lowest BCUT2D eigenvalue weighted by Crippen LogP contribution is -2.40. The number of halogens is 3. The Morgan fingerprint density at radius 2 is 1.78 bits per heavy atom. The number of carbonyl (C=O) groups excluding carboxylic acids is 1. The van der Waals surface area contributed by atoms with Gasteiger partial charge < -0.3 is 10.6 Å². The van der Waals surface area contributed by atoms with Crippen molar-refractivity contribution in [1.29, 1.82) is 0 Å². The highest BCUT2D eigenvalue weighted by Gasteiger charge is 2.34. The van der Waals surface area contributed by atoms with E-state index in [1.54, 1.807) is 29.1 Å². The zero-order chi connectivity index (χ0) is 22.5. The van der Waals surface area contributed by atoms with Gasteiger partial charge in [0, 0.05) is 37.4 Å². The van der Waals surface area contributed by atoms with Crippen molar-refractivity contribution in [2.75, 3.05) is 5.32 Å². The fraction of sp³-hybridized carbons (Fsp3) is 0.500. The summed E-state index contributed by atoms with van der Waals surface area (Å²) in [7, 11) is 1.83. The van der Waals surface area contributed by atoms with Crippen LogP contribution in [0.5, 0.6) is 0 Å². The van der Waals surface area contributed by atoms with Gasteiger partial charge in [-0.1, -0.05) is 6.07 Å². The summed E-state index contributed by atoms with van der Waals surface area (Å²) in [4.78, 5) is 16.5. The first kappa shape index (κ1) is 20.8. The number of nitrogens with zero attached hydrogens (tertiary/aromatic N) is 4. The molecule has 2 saturated carbocycles. The number of aryl methyl sites for hydroxylation is 1. The molecule has 2 N–H and O–H groups in total. The monoisotopic (exact) mass is 446 g/mol. The lowest BCUT2D eigenvalue weighted by molar-refractivity contribution is -0.140. The minimum Gasteiger partial charge on any atom is -0.368 e. The van der Waals surface area contributed by atoms with E-state index >= 15 is 0 Å². The first-order valence-corrected chi connectivity index (χ1v) is 10.9. The Labute approximate surface area is 183 Å². The number of amides is 1. The van der Waals surface area contributed by atoms with Crippen LogP contribution in [0.1, 0.15) is 66.2 Å². The number of hydrogen-bond donors (Lipinski definition) is 2. The molecule has 1 amide bonds. The number of aromatic nitrogens is 4. The third kappa shape index (κ3) is 4.18. The van der Waals surface area contributed by atoms with E-state index in [-0.39, 0.29) is 23.6 Å². The van der Waals surface area contributed by atoms with Crippen molar-refractivity contribution < 1.29 is 18.0 Å². The van der Waals surface area contributed by atoms with Crippen LogP contribution in [0.15, 0.2) is 30.6 Å². The number of nitrogens with one attached hydrogen (secondary N) is 2. The van der Waals surface area contributed by atoms with Gasteiger partial charge in [0.2, 0.25) is 0 Å². The molecule has 0 atom stereocenters. The smallest absolute Gasteiger partial charge is 0.368 e. The Hall–Kier alpha value is -3.04. The van der Waals surface area contributed by atoms with Crippen molar-refractivity contribution in [3.8, 4) is 0 Å². The molecule has 0 radical (unpaired) electrons.